The molecule has 19 heavy (non-hydrogen) atoms. The highest BCUT2D eigenvalue weighted by atomic mass is 79.9. The molecule has 2 rings (SSSR count). The maximum atomic E-state index is 13.3. The predicted molar refractivity (Wildman–Crippen MR) is 74.2 cm³/mol. The second kappa shape index (κ2) is 5.46. The third-order valence-corrected chi connectivity index (χ3v) is 4.17. The number of halogens is 2. The fourth-order valence-corrected chi connectivity index (χ4v) is 2.75. The number of aliphatic hydroxyl groups is 1. The topological polar surface area (TPSA) is 66.6 Å². The van der Waals surface area contributed by atoms with Gasteiger partial charge in [0.1, 0.15) is 5.82 Å². The largest absolute Gasteiger partial charge is 0.396 e. The van der Waals surface area contributed by atoms with E-state index in [1.54, 1.807) is 11.8 Å². The lowest BCUT2D eigenvalue weighted by atomic mass is 10.0. The van der Waals surface area contributed by atoms with Crippen molar-refractivity contribution >= 4 is 27.5 Å². The zero-order valence-corrected chi connectivity index (χ0v) is 12.2. The zero-order chi connectivity index (χ0) is 14.2. The minimum Gasteiger partial charge on any atom is -0.396 e. The van der Waals surface area contributed by atoms with Gasteiger partial charge in [0, 0.05) is 23.5 Å². The van der Waals surface area contributed by atoms with Crippen LogP contribution < -0.4 is 5.73 Å². The number of carbonyl (C=O) groups is 1. The number of rotatable bonds is 2. The number of nitrogens with two attached hydrogens (primary N) is 1. The SMILES string of the molecule is CC(O)C1CCN(C(=O)c2cc(N)c(F)cc2Br)C1. The second-order valence-corrected chi connectivity index (χ2v) is 5.75. The molecule has 1 fully saturated rings. The number of aliphatic hydroxyl groups excluding tert-OH is 1. The highest BCUT2D eigenvalue weighted by Crippen LogP contribution is 2.27. The van der Waals surface area contributed by atoms with Crippen molar-refractivity contribution in [2.24, 2.45) is 5.92 Å². The average molecular weight is 331 g/mol. The molecule has 1 heterocycles. The highest BCUT2D eigenvalue weighted by molar-refractivity contribution is 9.10. The van der Waals surface area contributed by atoms with Crippen LogP contribution in [0.3, 0.4) is 0 Å². The van der Waals surface area contributed by atoms with Gasteiger partial charge in [-0.25, -0.2) is 4.39 Å². The molecule has 1 aliphatic rings. The maximum Gasteiger partial charge on any atom is 0.255 e. The summed E-state index contributed by atoms with van der Waals surface area (Å²) in [4.78, 5) is 14.0. The first-order chi connectivity index (χ1) is 8.90. The van der Waals surface area contributed by atoms with Gasteiger partial charge in [0.05, 0.1) is 17.4 Å². The van der Waals surface area contributed by atoms with Crippen molar-refractivity contribution in [3.63, 3.8) is 0 Å². The monoisotopic (exact) mass is 330 g/mol. The fourth-order valence-electron chi connectivity index (χ4n) is 2.27. The molecule has 6 heteroatoms. The van der Waals surface area contributed by atoms with Crippen molar-refractivity contribution in [1.82, 2.24) is 4.90 Å². The van der Waals surface area contributed by atoms with Gasteiger partial charge < -0.3 is 15.7 Å². The van der Waals surface area contributed by atoms with E-state index in [1.165, 1.54) is 12.1 Å². The standard InChI is InChI=1S/C13H16BrFN2O2/c1-7(18)8-2-3-17(6-8)13(19)9-4-12(16)11(15)5-10(9)14/h4-5,7-8,18H,2-3,6,16H2,1H3. The molecule has 0 bridgehead atoms. The van der Waals surface area contributed by atoms with Gasteiger partial charge in [-0.05, 0) is 41.4 Å². The molecular formula is C13H16BrFN2O2. The third kappa shape index (κ3) is 2.90. The van der Waals surface area contributed by atoms with Crippen LogP contribution in [0.15, 0.2) is 16.6 Å². The molecule has 2 atom stereocenters. The van der Waals surface area contributed by atoms with Gasteiger partial charge in [-0.1, -0.05) is 0 Å². The predicted octanol–water partition coefficient (Wildman–Crippen LogP) is 2.01. The first-order valence-electron chi connectivity index (χ1n) is 6.12. The van der Waals surface area contributed by atoms with Crippen LogP contribution in [0.1, 0.15) is 23.7 Å². The van der Waals surface area contributed by atoms with Crippen molar-refractivity contribution < 1.29 is 14.3 Å². The molecular weight excluding hydrogens is 315 g/mol. The third-order valence-electron chi connectivity index (χ3n) is 3.51. The van der Waals surface area contributed by atoms with E-state index in [0.717, 1.165) is 6.42 Å². The van der Waals surface area contributed by atoms with Crippen molar-refractivity contribution in [2.75, 3.05) is 18.8 Å². The van der Waals surface area contributed by atoms with Crippen LogP contribution in [-0.4, -0.2) is 35.1 Å². The molecule has 4 nitrogen and oxygen atoms in total. The molecule has 0 saturated carbocycles. The maximum absolute atomic E-state index is 13.3. The molecule has 1 aromatic carbocycles. The summed E-state index contributed by atoms with van der Waals surface area (Å²) in [6.45, 7) is 2.84. The number of benzene rings is 1. The van der Waals surface area contributed by atoms with Gasteiger partial charge in [-0.2, -0.15) is 0 Å². The van der Waals surface area contributed by atoms with Crippen LogP contribution in [-0.2, 0) is 0 Å². The summed E-state index contributed by atoms with van der Waals surface area (Å²) in [5, 5.41) is 9.54. The smallest absolute Gasteiger partial charge is 0.255 e. The molecule has 3 N–H and O–H groups in total. The minimum absolute atomic E-state index is 0.0437. The Bertz CT molecular complexity index is 508. The van der Waals surface area contributed by atoms with Crippen molar-refractivity contribution in [1.29, 1.82) is 0 Å². The van der Waals surface area contributed by atoms with E-state index in [1.807, 2.05) is 0 Å². The van der Waals surface area contributed by atoms with Gasteiger partial charge in [-0.15, -0.1) is 0 Å². The number of hydrogen-bond donors (Lipinski definition) is 2. The highest BCUT2D eigenvalue weighted by Gasteiger charge is 2.30. The van der Waals surface area contributed by atoms with E-state index in [9.17, 15) is 14.3 Å². The molecule has 104 valence electrons. The Morgan fingerprint density at radius 3 is 2.89 bits per heavy atom. The summed E-state index contributed by atoms with van der Waals surface area (Å²) in [5.74, 6) is -0.644. The van der Waals surface area contributed by atoms with Crippen LogP contribution in [0.4, 0.5) is 10.1 Å². The van der Waals surface area contributed by atoms with Gasteiger partial charge in [0.2, 0.25) is 0 Å². The normalized spacial score (nSPS) is 20.6. The molecule has 1 aromatic rings. The Morgan fingerprint density at radius 1 is 1.63 bits per heavy atom. The van der Waals surface area contributed by atoms with Crippen LogP contribution in [0.2, 0.25) is 0 Å². The van der Waals surface area contributed by atoms with Gasteiger partial charge in [-0.3, -0.25) is 4.79 Å². The molecule has 0 spiro atoms. The number of amides is 1. The van der Waals surface area contributed by atoms with Gasteiger partial charge in [0.25, 0.3) is 5.91 Å². The van der Waals surface area contributed by atoms with Crippen molar-refractivity contribution in [2.45, 2.75) is 19.4 Å². The number of carbonyl (C=O) groups excluding carboxylic acids is 1. The van der Waals surface area contributed by atoms with E-state index >= 15 is 0 Å². The summed E-state index contributed by atoms with van der Waals surface area (Å²) in [6.07, 6.45) is 0.345. The zero-order valence-electron chi connectivity index (χ0n) is 10.6. The lowest BCUT2D eigenvalue weighted by Gasteiger charge is -2.18. The lowest BCUT2D eigenvalue weighted by Crippen LogP contribution is -2.30. The van der Waals surface area contributed by atoms with E-state index in [2.05, 4.69) is 15.9 Å². The van der Waals surface area contributed by atoms with Crippen LogP contribution >= 0.6 is 15.9 Å². The molecule has 1 saturated heterocycles. The average Bonchev–Trinajstić information content (AvgIpc) is 2.82. The first kappa shape index (κ1) is 14.3. The number of likely N-dealkylation sites (tertiary alicyclic amines) is 1. The van der Waals surface area contributed by atoms with E-state index < -0.39 is 11.9 Å². The summed E-state index contributed by atoms with van der Waals surface area (Å²) in [7, 11) is 0. The Balaban J connectivity index is 2.19. The molecule has 2 unspecified atom stereocenters. The van der Waals surface area contributed by atoms with Crippen LogP contribution in [0.25, 0.3) is 0 Å². The van der Waals surface area contributed by atoms with Crippen LogP contribution in [0.5, 0.6) is 0 Å². The van der Waals surface area contributed by atoms with Crippen molar-refractivity contribution in [3.8, 4) is 0 Å². The molecule has 0 radical (unpaired) electrons. The minimum atomic E-state index is -0.549. The van der Waals surface area contributed by atoms with Crippen molar-refractivity contribution in [3.05, 3.63) is 28.0 Å². The number of anilines is 1. The Hall–Kier alpha value is -1.14. The van der Waals surface area contributed by atoms with Gasteiger partial charge >= 0.3 is 0 Å². The Kier molecular flexibility index (Phi) is 4.10. The number of nitrogens with zero attached hydrogens (tertiary/aromatic N) is 1. The molecule has 0 aromatic heterocycles. The summed E-state index contributed by atoms with van der Waals surface area (Å²) < 4.78 is 13.6. The van der Waals surface area contributed by atoms with E-state index in [4.69, 9.17) is 5.73 Å². The molecule has 1 amide bonds. The van der Waals surface area contributed by atoms with E-state index in [-0.39, 0.29) is 17.5 Å². The summed E-state index contributed by atoms with van der Waals surface area (Å²) in [6, 6.07) is 2.54. The quantitative estimate of drug-likeness (QED) is 0.815. The Labute approximate surface area is 119 Å². The first-order valence-corrected chi connectivity index (χ1v) is 6.91. The number of hydrogen-bond acceptors (Lipinski definition) is 3. The van der Waals surface area contributed by atoms with Gasteiger partial charge in [0.15, 0.2) is 0 Å². The summed E-state index contributed by atoms with van der Waals surface area (Å²) in [5.41, 5.74) is 5.80. The molecule has 1 aliphatic heterocycles. The van der Waals surface area contributed by atoms with E-state index in [0.29, 0.717) is 23.1 Å². The second-order valence-electron chi connectivity index (χ2n) is 4.89. The fraction of sp³-hybridized carbons (Fsp3) is 0.462. The Morgan fingerprint density at radius 2 is 2.32 bits per heavy atom. The lowest BCUT2D eigenvalue weighted by molar-refractivity contribution is 0.0761. The van der Waals surface area contributed by atoms with Crippen LogP contribution in [0, 0.1) is 11.7 Å². The number of nitrogen functional groups attached to an aromatic ring is 1. The molecule has 0 aliphatic carbocycles. The summed E-state index contributed by atoms with van der Waals surface area (Å²) >= 11 is 3.18.